The first-order chi connectivity index (χ1) is 10.8. The molecule has 114 valence electrons. The normalized spacial score (nSPS) is 29.7. The molecular weight excluding hydrogens is 296 g/mol. The summed E-state index contributed by atoms with van der Waals surface area (Å²) >= 11 is 6.04. The van der Waals surface area contributed by atoms with Gasteiger partial charge in [-0.2, -0.15) is 0 Å². The number of benzene rings is 2. The van der Waals surface area contributed by atoms with E-state index in [1.165, 1.54) is 11.1 Å². The van der Waals surface area contributed by atoms with E-state index in [2.05, 4.69) is 36.4 Å². The summed E-state index contributed by atoms with van der Waals surface area (Å²) in [7, 11) is 1.70. The summed E-state index contributed by atoms with van der Waals surface area (Å²) in [6, 6.07) is 16.8. The van der Waals surface area contributed by atoms with Crippen molar-refractivity contribution >= 4 is 11.6 Å². The molecule has 0 amide bonds. The highest BCUT2D eigenvalue weighted by Gasteiger charge is 2.54. The molecule has 1 heterocycles. The van der Waals surface area contributed by atoms with E-state index in [1.807, 2.05) is 12.1 Å². The van der Waals surface area contributed by atoms with Crippen LogP contribution < -0.4 is 4.74 Å². The zero-order chi connectivity index (χ0) is 15.1. The van der Waals surface area contributed by atoms with E-state index in [4.69, 9.17) is 21.1 Å². The van der Waals surface area contributed by atoms with Gasteiger partial charge in [-0.05, 0) is 59.1 Å². The third-order valence-corrected chi connectivity index (χ3v) is 5.49. The third kappa shape index (κ3) is 2.22. The molecule has 2 aromatic rings. The molecule has 22 heavy (non-hydrogen) atoms. The molecule has 0 spiro atoms. The molecule has 3 heteroatoms. The average molecular weight is 315 g/mol. The number of halogens is 1. The highest BCUT2D eigenvalue weighted by Crippen LogP contribution is 2.60. The number of methoxy groups -OCH3 is 1. The van der Waals surface area contributed by atoms with Crippen LogP contribution in [0.25, 0.3) is 0 Å². The van der Waals surface area contributed by atoms with Crippen molar-refractivity contribution in [2.45, 2.75) is 11.8 Å². The monoisotopic (exact) mass is 314 g/mol. The first-order valence-corrected chi connectivity index (χ1v) is 8.13. The van der Waals surface area contributed by atoms with Crippen molar-refractivity contribution in [2.24, 2.45) is 11.8 Å². The van der Waals surface area contributed by atoms with Crippen LogP contribution >= 0.6 is 11.6 Å². The van der Waals surface area contributed by atoms with Crippen molar-refractivity contribution in [3.63, 3.8) is 0 Å². The van der Waals surface area contributed by atoms with Crippen LogP contribution in [0.3, 0.4) is 0 Å². The molecule has 0 unspecified atom stereocenters. The van der Waals surface area contributed by atoms with E-state index in [1.54, 1.807) is 7.11 Å². The van der Waals surface area contributed by atoms with Crippen LogP contribution in [0.5, 0.6) is 5.75 Å². The van der Waals surface area contributed by atoms with Gasteiger partial charge in [0.15, 0.2) is 0 Å². The lowest BCUT2D eigenvalue weighted by molar-refractivity contribution is 0.142. The van der Waals surface area contributed by atoms with Gasteiger partial charge < -0.3 is 9.47 Å². The maximum Gasteiger partial charge on any atom is 0.118 e. The molecule has 0 N–H and O–H groups in total. The molecule has 4 rings (SSSR count). The largest absolute Gasteiger partial charge is 0.497 e. The molecule has 1 aliphatic heterocycles. The second-order valence-corrected chi connectivity index (χ2v) is 6.68. The van der Waals surface area contributed by atoms with Crippen LogP contribution in [-0.4, -0.2) is 20.3 Å². The lowest BCUT2D eigenvalue weighted by atomic mass is 9.54. The second kappa shape index (κ2) is 5.60. The minimum Gasteiger partial charge on any atom is -0.497 e. The van der Waals surface area contributed by atoms with Gasteiger partial charge in [-0.15, -0.1) is 0 Å². The molecular formula is C19H19ClO2. The molecule has 2 aromatic carbocycles. The molecule has 4 atom stereocenters. The smallest absolute Gasteiger partial charge is 0.118 e. The predicted molar refractivity (Wildman–Crippen MR) is 87.7 cm³/mol. The minimum atomic E-state index is 0.526. The SMILES string of the molecule is COc1ccc([C@@H]2[C@H]3COC[C@H]3[C@@H]2c2ccc(Cl)cc2)cc1. The van der Waals surface area contributed by atoms with Gasteiger partial charge in [0.2, 0.25) is 0 Å². The van der Waals surface area contributed by atoms with Crippen LogP contribution in [0.15, 0.2) is 48.5 Å². The first-order valence-electron chi connectivity index (χ1n) is 7.75. The minimum absolute atomic E-state index is 0.526. The van der Waals surface area contributed by atoms with Crippen molar-refractivity contribution in [2.75, 3.05) is 20.3 Å². The van der Waals surface area contributed by atoms with Crippen LogP contribution in [0, 0.1) is 11.8 Å². The van der Waals surface area contributed by atoms with Crippen molar-refractivity contribution < 1.29 is 9.47 Å². The maximum absolute atomic E-state index is 6.04. The third-order valence-electron chi connectivity index (χ3n) is 5.24. The molecule has 1 saturated carbocycles. The predicted octanol–water partition coefficient (Wildman–Crippen LogP) is 4.49. The van der Waals surface area contributed by atoms with E-state index in [9.17, 15) is 0 Å². The highest BCUT2D eigenvalue weighted by molar-refractivity contribution is 6.30. The van der Waals surface area contributed by atoms with E-state index in [0.29, 0.717) is 23.7 Å². The van der Waals surface area contributed by atoms with Crippen molar-refractivity contribution in [1.29, 1.82) is 0 Å². The maximum atomic E-state index is 6.04. The van der Waals surface area contributed by atoms with E-state index < -0.39 is 0 Å². The number of ether oxygens (including phenoxy) is 2. The fourth-order valence-corrected chi connectivity index (χ4v) is 4.26. The van der Waals surface area contributed by atoms with Gasteiger partial charge in [-0.3, -0.25) is 0 Å². The lowest BCUT2D eigenvalue weighted by Gasteiger charge is -2.48. The number of hydrogen-bond acceptors (Lipinski definition) is 2. The Hall–Kier alpha value is -1.51. The molecule has 0 bridgehead atoms. The van der Waals surface area contributed by atoms with E-state index in [0.717, 1.165) is 24.0 Å². The number of hydrogen-bond donors (Lipinski definition) is 0. The van der Waals surface area contributed by atoms with Crippen LogP contribution in [0.4, 0.5) is 0 Å². The molecule has 1 saturated heterocycles. The molecule has 2 fully saturated rings. The Bertz CT molecular complexity index is 650. The Morgan fingerprint density at radius 2 is 1.36 bits per heavy atom. The first kappa shape index (κ1) is 14.1. The standard InChI is InChI=1S/C19H19ClO2/c1-21-15-8-4-13(5-9-15)19-17-11-22-10-16(17)18(19)12-2-6-14(20)7-3-12/h2-9,16-19H,10-11H2,1H3/t16-,17+,18+,19-/m1/s1. The Morgan fingerprint density at radius 3 is 1.86 bits per heavy atom. The van der Waals surface area contributed by atoms with Crippen LogP contribution in [0.1, 0.15) is 23.0 Å². The molecule has 1 aliphatic carbocycles. The molecule has 2 aliphatic rings. The zero-order valence-corrected chi connectivity index (χ0v) is 13.3. The van der Waals surface area contributed by atoms with Crippen LogP contribution in [0.2, 0.25) is 5.02 Å². The summed E-state index contributed by atoms with van der Waals surface area (Å²) in [5.74, 6) is 3.23. The topological polar surface area (TPSA) is 18.5 Å². The lowest BCUT2D eigenvalue weighted by Crippen LogP contribution is -2.42. The second-order valence-electron chi connectivity index (χ2n) is 6.24. The molecule has 0 radical (unpaired) electrons. The summed E-state index contributed by atoms with van der Waals surface area (Å²) in [6.45, 7) is 1.76. The Labute approximate surface area is 136 Å². The summed E-state index contributed by atoms with van der Waals surface area (Å²) in [5.41, 5.74) is 2.75. The Kier molecular flexibility index (Phi) is 3.59. The number of fused-ring (bicyclic) bond motifs is 1. The van der Waals surface area contributed by atoms with E-state index >= 15 is 0 Å². The van der Waals surface area contributed by atoms with Crippen molar-refractivity contribution in [3.8, 4) is 5.75 Å². The fraction of sp³-hybridized carbons (Fsp3) is 0.368. The number of rotatable bonds is 3. The van der Waals surface area contributed by atoms with Crippen LogP contribution in [-0.2, 0) is 4.74 Å². The zero-order valence-electron chi connectivity index (χ0n) is 12.5. The van der Waals surface area contributed by atoms with Crippen molar-refractivity contribution in [3.05, 3.63) is 64.7 Å². The summed E-state index contributed by atoms with van der Waals surface area (Å²) in [4.78, 5) is 0. The van der Waals surface area contributed by atoms with Gasteiger partial charge in [0.25, 0.3) is 0 Å². The molecule has 2 nitrogen and oxygen atoms in total. The van der Waals surface area contributed by atoms with Crippen molar-refractivity contribution in [1.82, 2.24) is 0 Å². The summed E-state index contributed by atoms with van der Waals surface area (Å²) in [5, 5.41) is 0.795. The van der Waals surface area contributed by atoms with E-state index in [-0.39, 0.29) is 0 Å². The van der Waals surface area contributed by atoms with Gasteiger partial charge >= 0.3 is 0 Å². The summed E-state index contributed by atoms with van der Waals surface area (Å²) < 4.78 is 11.0. The Morgan fingerprint density at radius 1 is 0.864 bits per heavy atom. The average Bonchev–Trinajstić information content (AvgIpc) is 2.94. The van der Waals surface area contributed by atoms with Gasteiger partial charge in [0.05, 0.1) is 20.3 Å². The summed E-state index contributed by atoms with van der Waals surface area (Å²) in [6.07, 6.45) is 0. The fourth-order valence-electron chi connectivity index (χ4n) is 4.13. The molecule has 0 aromatic heterocycles. The van der Waals surface area contributed by atoms with Gasteiger partial charge in [-0.1, -0.05) is 35.9 Å². The highest BCUT2D eigenvalue weighted by atomic mass is 35.5. The van der Waals surface area contributed by atoms with Gasteiger partial charge in [-0.25, -0.2) is 0 Å². The van der Waals surface area contributed by atoms with Gasteiger partial charge in [0.1, 0.15) is 5.75 Å². The van der Waals surface area contributed by atoms with Gasteiger partial charge in [0, 0.05) is 5.02 Å². The quantitative estimate of drug-likeness (QED) is 0.831. The Balaban J connectivity index is 1.67.